The number of carbonyl (C=O) groups excluding carboxylic acids is 1. The summed E-state index contributed by atoms with van der Waals surface area (Å²) in [5, 5.41) is 3.41. The van der Waals surface area contributed by atoms with Crippen LogP contribution in [0.2, 0.25) is 0 Å². The third kappa shape index (κ3) is 3.16. The molecule has 0 saturated carbocycles. The van der Waals surface area contributed by atoms with Crippen LogP contribution in [0.5, 0.6) is 5.88 Å². The topological polar surface area (TPSA) is 87.5 Å². The number of nitrogens with zero attached hydrogens (tertiary/aromatic N) is 2. The summed E-state index contributed by atoms with van der Waals surface area (Å²) in [5.74, 6) is -1.74. The molecule has 0 aliphatic heterocycles. The summed E-state index contributed by atoms with van der Waals surface area (Å²) in [6.45, 7) is 1.65. The highest BCUT2D eigenvalue weighted by Gasteiger charge is 2.49. The third-order valence-electron chi connectivity index (χ3n) is 1.93. The lowest BCUT2D eigenvalue weighted by atomic mass is 10.4. The zero-order valence-corrected chi connectivity index (χ0v) is 10.6. The van der Waals surface area contributed by atoms with Crippen molar-refractivity contribution in [2.45, 2.75) is 19.0 Å². The lowest BCUT2D eigenvalue weighted by Crippen LogP contribution is -2.28. The minimum absolute atomic E-state index is 0.111. The average Bonchev–Trinajstić information content (AvgIpc) is 2.68. The van der Waals surface area contributed by atoms with Crippen molar-refractivity contribution in [3.05, 3.63) is 11.8 Å². The molecule has 0 aliphatic rings. The van der Waals surface area contributed by atoms with E-state index in [4.69, 9.17) is 0 Å². The van der Waals surface area contributed by atoms with Crippen molar-refractivity contribution in [3.63, 3.8) is 0 Å². The molecule has 1 aromatic heterocycles. The van der Waals surface area contributed by atoms with Gasteiger partial charge in [-0.3, -0.25) is 4.68 Å². The molecule has 19 heavy (non-hydrogen) atoms. The second kappa shape index (κ2) is 5.07. The monoisotopic (exact) mass is 302 g/mol. The van der Waals surface area contributed by atoms with E-state index in [1.165, 1.54) is 0 Å². The molecule has 0 amide bonds. The smallest absolute Gasteiger partial charge is 0.464 e. The Balaban J connectivity index is 3.12. The highest BCUT2D eigenvalue weighted by atomic mass is 32.2. The summed E-state index contributed by atoms with van der Waals surface area (Å²) in [6.07, 6.45) is 0. The van der Waals surface area contributed by atoms with Crippen molar-refractivity contribution >= 4 is 16.1 Å². The summed E-state index contributed by atoms with van der Waals surface area (Å²) < 4.78 is 66.9. The van der Waals surface area contributed by atoms with Gasteiger partial charge in [0.25, 0.3) is 5.88 Å². The molecule has 0 atom stereocenters. The predicted octanol–water partition coefficient (Wildman–Crippen LogP) is 0.918. The van der Waals surface area contributed by atoms with Crippen LogP contribution in [0.4, 0.5) is 13.2 Å². The van der Waals surface area contributed by atoms with Gasteiger partial charge in [0.05, 0.1) is 7.11 Å². The Morgan fingerprint density at radius 3 is 2.47 bits per heavy atom. The summed E-state index contributed by atoms with van der Waals surface area (Å²) in [4.78, 5) is 11.3. The maximum Gasteiger partial charge on any atom is 0.534 e. The summed E-state index contributed by atoms with van der Waals surface area (Å²) in [6, 6.07) is 0.749. The Labute approximate surface area is 106 Å². The molecule has 0 fully saturated rings. The first-order valence-corrected chi connectivity index (χ1v) is 6.20. The van der Waals surface area contributed by atoms with E-state index in [1.807, 2.05) is 0 Å². The third-order valence-corrected chi connectivity index (χ3v) is 2.89. The zero-order valence-electron chi connectivity index (χ0n) is 9.76. The van der Waals surface area contributed by atoms with E-state index < -0.39 is 27.5 Å². The Kier molecular flexibility index (Phi) is 4.08. The molecule has 0 unspecified atom stereocenters. The van der Waals surface area contributed by atoms with Crippen LogP contribution in [-0.4, -0.2) is 36.8 Å². The van der Waals surface area contributed by atoms with Gasteiger partial charge in [-0.1, -0.05) is 0 Å². The molecule has 1 heterocycles. The van der Waals surface area contributed by atoms with Gasteiger partial charge in [-0.2, -0.15) is 21.6 Å². The first-order chi connectivity index (χ1) is 8.62. The van der Waals surface area contributed by atoms with Crippen molar-refractivity contribution in [3.8, 4) is 5.88 Å². The normalized spacial score (nSPS) is 12.3. The molecule has 0 bridgehead atoms. The van der Waals surface area contributed by atoms with Gasteiger partial charge < -0.3 is 8.92 Å². The van der Waals surface area contributed by atoms with Gasteiger partial charge in [-0.25, -0.2) is 4.79 Å². The SMILES string of the molecule is CCn1nc(OS(=O)(=O)C(F)(F)F)cc1C(=O)OC. The first kappa shape index (κ1) is 15.3. The van der Waals surface area contributed by atoms with E-state index in [2.05, 4.69) is 14.0 Å². The zero-order chi connectivity index (χ0) is 14.8. The van der Waals surface area contributed by atoms with Gasteiger partial charge in [0, 0.05) is 12.6 Å². The van der Waals surface area contributed by atoms with Crippen LogP contribution in [0.1, 0.15) is 17.4 Å². The number of rotatable bonds is 4. The van der Waals surface area contributed by atoms with E-state index in [1.54, 1.807) is 6.92 Å². The van der Waals surface area contributed by atoms with Gasteiger partial charge >= 0.3 is 21.6 Å². The number of aryl methyl sites for hydroxylation is 1. The molecule has 0 aliphatic carbocycles. The van der Waals surface area contributed by atoms with Gasteiger partial charge in [0.1, 0.15) is 5.69 Å². The molecule has 108 valence electrons. The number of aromatic nitrogens is 2. The van der Waals surface area contributed by atoms with Gasteiger partial charge in [0.2, 0.25) is 0 Å². The Bertz CT molecular complexity index is 578. The van der Waals surface area contributed by atoms with Crippen molar-refractivity contribution in [1.82, 2.24) is 9.78 Å². The fraction of sp³-hybridized carbons (Fsp3) is 0.500. The lowest BCUT2D eigenvalue weighted by molar-refractivity contribution is -0.0501. The predicted molar refractivity (Wildman–Crippen MR) is 54.8 cm³/mol. The molecule has 0 aromatic carbocycles. The number of hydrogen-bond donors (Lipinski definition) is 0. The van der Waals surface area contributed by atoms with E-state index in [9.17, 15) is 26.4 Å². The number of alkyl halides is 3. The van der Waals surface area contributed by atoms with Gasteiger partial charge in [0.15, 0.2) is 0 Å². The van der Waals surface area contributed by atoms with Crippen molar-refractivity contribution in [1.29, 1.82) is 0 Å². The second-order valence-corrected chi connectivity index (χ2v) is 4.70. The molecule has 0 radical (unpaired) electrons. The van der Waals surface area contributed by atoms with Gasteiger partial charge in [-0.05, 0) is 6.92 Å². The molecule has 1 rings (SSSR count). The van der Waals surface area contributed by atoms with Crippen LogP contribution >= 0.6 is 0 Å². The molecule has 0 N–H and O–H groups in total. The van der Waals surface area contributed by atoms with E-state index in [0.29, 0.717) is 0 Å². The van der Waals surface area contributed by atoms with Crippen molar-refractivity contribution in [2.24, 2.45) is 0 Å². The van der Waals surface area contributed by atoms with Gasteiger partial charge in [-0.15, -0.1) is 5.10 Å². The largest absolute Gasteiger partial charge is 0.534 e. The molecule has 7 nitrogen and oxygen atoms in total. The van der Waals surface area contributed by atoms with E-state index >= 15 is 0 Å². The molecular weight excluding hydrogens is 293 g/mol. The molecule has 11 heteroatoms. The van der Waals surface area contributed by atoms with Crippen LogP contribution in [0.3, 0.4) is 0 Å². The van der Waals surface area contributed by atoms with Crippen LogP contribution in [-0.2, 0) is 21.4 Å². The van der Waals surface area contributed by atoms with Crippen LogP contribution in [0.15, 0.2) is 6.07 Å². The standard InChI is InChI=1S/C8H9F3N2O5S/c1-3-13-5(7(14)17-2)4-6(12-13)18-19(15,16)8(9,10)11/h4H,3H2,1-2H3. The lowest BCUT2D eigenvalue weighted by Gasteiger charge is -2.06. The van der Waals surface area contributed by atoms with Crippen LogP contribution in [0, 0.1) is 0 Å². The van der Waals surface area contributed by atoms with Crippen molar-refractivity contribution < 1.29 is 35.3 Å². The second-order valence-electron chi connectivity index (χ2n) is 3.16. The molecular formula is C8H9F3N2O5S. The fourth-order valence-corrected chi connectivity index (χ4v) is 1.50. The van der Waals surface area contributed by atoms with E-state index in [-0.39, 0.29) is 12.2 Å². The minimum Gasteiger partial charge on any atom is -0.464 e. The average molecular weight is 302 g/mol. The number of methoxy groups -OCH3 is 1. The quantitative estimate of drug-likeness (QED) is 0.467. The number of esters is 1. The van der Waals surface area contributed by atoms with Crippen LogP contribution < -0.4 is 4.18 Å². The summed E-state index contributed by atoms with van der Waals surface area (Å²) in [5.41, 5.74) is -5.80. The Hall–Kier alpha value is -1.78. The summed E-state index contributed by atoms with van der Waals surface area (Å²) in [7, 11) is -4.76. The highest BCUT2D eigenvalue weighted by Crippen LogP contribution is 2.26. The number of hydrogen-bond acceptors (Lipinski definition) is 6. The minimum atomic E-state index is -5.82. The van der Waals surface area contributed by atoms with Crippen molar-refractivity contribution in [2.75, 3.05) is 7.11 Å². The summed E-state index contributed by atoms with van der Waals surface area (Å²) >= 11 is 0. The maximum atomic E-state index is 12.1. The number of carbonyl (C=O) groups is 1. The number of ether oxygens (including phenoxy) is 1. The fourth-order valence-electron chi connectivity index (χ4n) is 1.10. The molecule has 1 aromatic rings. The molecule has 0 saturated heterocycles. The Morgan fingerprint density at radius 1 is 1.47 bits per heavy atom. The highest BCUT2D eigenvalue weighted by molar-refractivity contribution is 7.87. The maximum absolute atomic E-state index is 12.1. The number of halogens is 3. The molecule has 0 spiro atoms. The first-order valence-electron chi connectivity index (χ1n) is 4.79. The Morgan fingerprint density at radius 2 is 2.05 bits per heavy atom. The van der Waals surface area contributed by atoms with E-state index in [0.717, 1.165) is 17.9 Å². The van der Waals surface area contributed by atoms with Crippen LogP contribution in [0.25, 0.3) is 0 Å².